The van der Waals surface area contributed by atoms with Gasteiger partial charge in [-0.1, -0.05) is 67.9 Å². The van der Waals surface area contributed by atoms with Crippen molar-refractivity contribution in [2.45, 2.75) is 39.5 Å². The number of carbonyl (C=O) groups is 1. The molecule has 0 atom stereocenters. The quantitative estimate of drug-likeness (QED) is 0.426. The Labute approximate surface area is 139 Å². The highest BCUT2D eigenvalue weighted by molar-refractivity contribution is 6.46. The third-order valence-electron chi connectivity index (χ3n) is 2.92. The van der Waals surface area contributed by atoms with Crippen LogP contribution >= 0.6 is 34.8 Å². The van der Waals surface area contributed by atoms with Gasteiger partial charge in [-0.05, 0) is 12.3 Å². The molecule has 0 aliphatic heterocycles. The summed E-state index contributed by atoms with van der Waals surface area (Å²) in [7, 11) is 0. The van der Waals surface area contributed by atoms with Gasteiger partial charge in [0.15, 0.2) is 10.8 Å². The van der Waals surface area contributed by atoms with Crippen LogP contribution in [-0.2, 0) is 4.74 Å². The highest BCUT2D eigenvalue weighted by Gasteiger charge is 2.20. The van der Waals surface area contributed by atoms with Crippen LogP contribution in [0.3, 0.4) is 0 Å². The molecule has 2 N–H and O–H groups in total. The molecule has 0 spiro atoms. The van der Waals surface area contributed by atoms with Crippen molar-refractivity contribution in [1.29, 1.82) is 0 Å². The average molecular weight is 354 g/mol. The molecule has 0 radical (unpaired) electrons. The van der Waals surface area contributed by atoms with Crippen molar-refractivity contribution in [2.75, 3.05) is 12.3 Å². The number of hydrogen-bond acceptors (Lipinski definition) is 4. The summed E-state index contributed by atoms with van der Waals surface area (Å²) in [5.41, 5.74) is 5.57. The van der Waals surface area contributed by atoms with E-state index in [4.69, 9.17) is 45.3 Å². The van der Waals surface area contributed by atoms with Gasteiger partial charge in [0.25, 0.3) is 0 Å². The lowest BCUT2D eigenvalue weighted by molar-refractivity contribution is 0.0491. The standard InChI is InChI=1S/C14H19Cl3N2O2/c1-8(2)6-4-3-5-7-21-14(20)12-9(15)11(18)10(16)13(17)19-12/h8H,3-7H2,1-2H3,(H2,18,19). The molecule has 118 valence electrons. The van der Waals surface area contributed by atoms with Crippen LogP contribution in [0, 0.1) is 5.92 Å². The maximum Gasteiger partial charge on any atom is 0.358 e. The number of pyridine rings is 1. The topological polar surface area (TPSA) is 65.2 Å². The summed E-state index contributed by atoms with van der Waals surface area (Å²) in [6, 6.07) is 0. The second-order valence-electron chi connectivity index (χ2n) is 5.17. The monoisotopic (exact) mass is 352 g/mol. The zero-order valence-corrected chi connectivity index (χ0v) is 14.4. The van der Waals surface area contributed by atoms with E-state index in [1.807, 2.05) is 0 Å². The van der Waals surface area contributed by atoms with Crippen LogP contribution in [0.25, 0.3) is 0 Å². The van der Waals surface area contributed by atoms with Crippen LogP contribution in [0.5, 0.6) is 0 Å². The number of aromatic nitrogens is 1. The van der Waals surface area contributed by atoms with Crippen LogP contribution in [0.15, 0.2) is 0 Å². The zero-order chi connectivity index (χ0) is 16.0. The lowest BCUT2D eigenvalue weighted by Gasteiger charge is -2.09. The number of halogens is 3. The fourth-order valence-electron chi connectivity index (χ4n) is 1.73. The van der Waals surface area contributed by atoms with E-state index < -0.39 is 5.97 Å². The number of rotatable bonds is 7. The van der Waals surface area contributed by atoms with Gasteiger partial charge < -0.3 is 10.5 Å². The van der Waals surface area contributed by atoms with E-state index in [0.717, 1.165) is 19.3 Å². The third kappa shape index (κ3) is 5.53. The number of anilines is 1. The third-order valence-corrected chi connectivity index (χ3v) is 4.06. The predicted octanol–water partition coefficient (Wildman–Crippen LogP) is 5.00. The fourth-order valence-corrected chi connectivity index (χ4v) is 2.32. The summed E-state index contributed by atoms with van der Waals surface area (Å²) >= 11 is 17.5. The Kier molecular flexibility index (Phi) is 7.57. The van der Waals surface area contributed by atoms with Crippen molar-refractivity contribution < 1.29 is 9.53 Å². The summed E-state index contributed by atoms with van der Waals surface area (Å²) < 4.78 is 5.12. The number of unbranched alkanes of at least 4 members (excludes halogenated alkanes) is 2. The Balaban J connectivity index is 2.50. The van der Waals surface area contributed by atoms with Crippen LogP contribution < -0.4 is 5.73 Å². The SMILES string of the molecule is CC(C)CCCCCOC(=O)c1nc(Cl)c(Cl)c(N)c1Cl. The first-order chi connectivity index (χ1) is 9.84. The van der Waals surface area contributed by atoms with Gasteiger partial charge in [0.2, 0.25) is 0 Å². The summed E-state index contributed by atoms with van der Waals surface area (Å²) in [6.45, 7) is 4.68. The first-order valence-corrected chi connectivity index (χ1v) is 7.95. The van der Waals surface area contributed by atoms with Gasteiger partial charge in [-0.15, -0.1) is 0 Å². The molecule has 1 aromatic heterocycles. The Morgan fingerprint density at radius 2 is 1.86 bits per heavy atom. The van der Waals surface area contributed by atoms with Crippen molar-refractivity contribution in [1.82, 2.24) is 4.98 Å². The molecule has 7 heteroatoms. The van der Waals surface area contributed by atoms with Crippen molar-refractivity contribution in [3.63, 3.8) is 0 Å². The van der Waals surface area contributed by atoms with Crippen molar-refractivity contribution in [3.05, 3.63) is 20.9 Å². The average Bonchev–Trinajstić information content (AvgIpc) is 2.43. The molecule has 0 aliphatic carbocycles. The maximum atomic E-state index is 11.9. The Morgan fingerprint density at radius 1 is 1.19 bits per heavy atom. The van der Waals surface area contributed by atoms with Crippen LogP contribution in [0.1, 0.15) is 50.0 Å². The first-order valence-electron chi connectivity index (χ1n) is 6.81. The second kappa shape index (κ2) is 8.66. The number of esters is 1. The summed E-state index contributed by atoms with van der Waals surface area (Å²) in [5.74, 6) is 0.0452. The van der Waals surface area contributed by atoms with Crippen molar-refractivity contribution >= 4 is 46.5 Å². The van der Waals surface area contributed by atoms with E-state index in [2.05, 4.69) is 18.8 Å². The van der Waals surface area contributed by atoms with Gasteiger partial charge in [0, 0.05) is 0 Å². The van der Waals surface area contributed by atoms with E-state index >= 15 is 0 Å². The predicted molar refractivity (Wildman–Crippen MR) is 87.3 cm³/mol. The van der Waals surface area contributed by atoms with Crippen LogP contribution in [-0.4, -0.2) is 17.6 Å². The minimum absolute atomic E-state index is 0.0298. The molecule has 0 bridgehead atoms. The lowest BCUT2D eigenvalue weighted by Crippen LogP contribution is -2.11. The minimum atomic E-state index is -0.644. The van der Waals surface area contributed by atoms with Crippen molar-refractivity contribution in [3.8, 4) is 0 Å². The van der Waals surface area contributed by atoms with E-state index in [-0.39, 0.29) is 26.6 Å². The molecule has 0 aromatic carbocycles. The maximum absolute atomic E-state index is 11.9. The van der Waals surface area contributed by atoms with Crippen LogP contribution in [0.4, 0.5) is 5.69 Å². The minimum Gasteiger partial charge on any atom is -0.461 e. The molecule has 1 heterocycles. The van der Waals surface area contributed by atoms with E-state index in [1.54, 1.807) is 0 Å². The smallest absolute Gasteiger partial charge is 0.358 e. The molecule has 0 fully saturated rings. The number of carbonyl (C=O) groups excluding carboxylic acids is 1. The number of nitrogen functional groups attached to an aromatic ring is 1. The Hall–Kier alpha value is -0.710. The highest BCUT2D eigenvalue weighted by atomic mass is 35.5. The molecule has 21 heavy (non-hydrogen) atoms. The number of ether oxygens (including phenoxy) is 1. The van der Waals surface area contributed by atoms with Gasteiger partial charge in [-0.25, -0.2) is 9.78 Å². The molecular formula is C14H19Cl3N2O2. The number of nitrogens with two attached hydrogens (primary N) is 1. The number of hydrogen-bond donors (Lipinski definition) is 1. The molecule has 0 unspecified atom stereocenters. The normalized spacial score (nSPS) is 11.0. The molecule has 0 saturated carbocycles. The van der Waals surface area contributed by atoms with E-state index in [0.29, 0.717) is 12.5 Å². The van der Waals surface area contributed by atoms with Crippen molar-refractivity contribution in [2.24, 2.45) is 5.92 Å². The first kappa shape index (κ1) is 18.3. The van der Waals surface area contributed by atoms with E-state index in [9.17, 15) is 4.79 Å². The molecule has 1 rings (SSSR count). The summed E-state index contributed by atoms with van der Waals surface area (Å²) in [4.78, 5) is 15.7. The fraction of sp³-hybridized carbons (Fsp3) is 0.571. The summed E-state index contributed by atoms with van der Waals surface area (Å²) in [6.07, 6.45) is 4.10. The Morgan fingerprint density at radius 3 is 2.48 bits per heavy atom. The zero-order valence-electron chi connectivity index (χ0n) is 12.1. The lowest BCUT2D eigenvalue weighted by atomic mass is 10.1. The summed E-state index contributed by atoms with van der Waals surface area (Å²) in [5, 5.41) is -0.0661. The molecule has 0 aliphatic rings. The largest absolute Gasteiger partial charge is 0.461 e. The number of nitrogens with zero attached hydrogens (tertiary/aromatic N) is 1. The Bertz CT molecular complexity index is 507. The molecule has 4 nitrogen and oxygen atoms in total. The molecular weight excluding hydrogens is 335 g/mol. The van der Waals surface area contributed by atoms with Crippen LogP contribution in [0.2, 0.25) is 15.2 Å². The van der Waals surface area contributed by atoms with Gasteiger partial charge in [0.05, 0.1) is 17.3 Å². The molecule has 0 amide bonds. The molecule has 1 aromatic rings. The highest BCUT2D eigenvalue weighted by Crippen LogP contribution is 2.34. The van der Waals surface area contributed by atoms with Gasteiger partial charge in [0.1, 0.15) is 5.02 Å². The second-order valence-corrected chi connectivity index (χ2v) is 6.29. The van der Waals surface area contributed by atoms with Gasteiger partial charge in [-0.3, -0.25) is 0 Å². The van der Waals surface area contributed by atoms with Gasteiger partial charge in [-0.2, -0.15) is 0 Å². The van der Waals surface area contributed by atoms with E-state index in [1.165, 1.54) is 6.42 Å². The molecule has 0 saturated heterocycles. The van der Waals surface area contributed by atoms with Gasteiger partial charge >= 0.3 is 5.97 Å².